The third-order valence-electron chi connectivity index (χ3n) is 8.98. The fourth-order valence-corrected chi connectivity index (χ4v) is 7.91. The van der Waals surface area contributed by atoms with Crippen LogP contribution in [0, 0.1) is 29.1 Å². The zero-order chi connectivity index (χ0) is 23.5. The van der Waals surface area contributed by atoms with Crippen molar-refractivity contribution >= 4 is 21.8 Å². The second kappa shape index (κ2) is 7.94. The minimum atomic E-state index is -4.01. The van der Waals surface area contributed by atoms with Gasteiger partial charge in [0.15, 0.2) is 5.78 Å². The van der Waals surface area contributed by atoms with Gasteiger partial charge in [-0.05, 0) is 92.9 Å². The maximum atomic E-state index is 13.0. The normalized spacial score (nSPS) is 35.8. The monoisotopic (exact) mass is 473 g/mol. The Morgan fingerprint density at radius 3 is 2.67 bits per heavy atom. The van der Waals surface area contributed by atoms with Crippen molar-refractivity contribution in [2.45, 2.75) is 69.3 Å². The van der Waals surface area contributed by atoms with Gasteiger partial charge in [-0.25, -0.2) is 18.4 Å². The summed E-state index contributed by atoms with van der Waals surface area (Å²) in [4.78, 5) is 24.6. The number of primary sulfonamides is 1. The number of fused-ring (bicyclic) bond motifs is 5. The predicted molar refractivity (Wildman–Crippen MR) is 121 cm³/mol. The Balaban J connectivity index is 1.35. The number of phenolic OH excluding ortho intramolecular Hbond substituents is 1. The Kier molecular flexibility index (Phi) is 5.44. The fourth-order valence-electron chi connectivity index (χ4n) is 7.37. The molecule has 0 spiro atoms. The molecule has 0 bridgehead atoms. The highest BCUT2D eigenvalue weighted by atomic mass is 32.2. The Morgan fingerprint density at radius 2 is 1.91 bits per heavy atom. The Morgan fingerprint density at radius 1 is 1.12 bits per heavy atom. The van der Waals surface area contributed by atoms with Crippen LogP contribution in [0.1, 0.15) is 68.6 Å². The van der Waals surface area contributed by atoms with Crippen molar-refractivity contribution in [3.63, 3.8) is 0 Å². The number of carbonyl (C=O) groups excluding carboxylic acids is 2. The first-order valence-corrected chi connectivity index (χ1v) is 13.4. The number of hydrogen-bond donors (Lipinski definition) is 2. The van der Waals surface area contributed by atoms with E-state index in [2.05, 4.69) is 6.92 Å². The first-order valence-electron chi connectivity index (χ1n) is 11.9. The molecule has 33 heavy (non-hydrogen) atoms. The van der Waals surface area contributed by atoms with Gasteiger partial charge in [-0.3, -0.25) is 4.79 Å². The van der Waals surface area contributed by atoms with Gasteiger partial charge in [0.1, 0.15) is 17.4 Å². The molecule has 3 N–H and O–H groups in total. The quantitative estimate of drug-likeness (QED) is 0.645. The minimum absolute atomic E-state index is 0.143. The van der Waals surface area contributed by atoms with Gasteiger partial charge in [0, 0.05) is 11.8 Å². The summed E-state index contributed by atoms with van der Waals surface area (Å²) in [5.74, 6) is 1.37. The molecule has 6 atom stereocenters. The van der Waals surface area contributed by atoms with Crippen LogP contribution < -0.4 is 5.14 Å². The molecule has 1 aromatic rings. The van der Waals surface area contributed by atoms with Crippen molar-refractivity contribution in [1.82, 2.24) is 0 Å². The second-order valence-corrected chi connectivity index (χ2v) is 12.1. The van der Waals surface area contributed by atoms with Gasteiger partial charge >= 0.3 is 5.97 Å². The average molecular weight is 474 g/mol. The Bertz CT molecular complexity index is 1140. The molecule has 0 amide bonds. The molecule has 0 aromatic heterocycles. The Hall–Kier alpha value is -2.19. The van der Waals surface area contributed by atoms with Crippen molar-refractivity contribution in [1.29, 1.82) is 0 Å². The van der Waals surface area contributed by atoms with Gasteiger partial charge in [0.2, 0.25) is 10.0 Å². The number of benzene rings is 1. The minimum Gasteiger partial charge on any atom is -0.507 e. The molecule has 3 unspecified atom stereocenters. The van der Waals surface area contributed by atoms with Gasteiger partial charge in [-0.2, -0.15) is 0 Å². The van der Waals surface area contributed by atoms with E-state index in [0.717, 1.165) is 57.1 Å². The zero-order valence-electron chi connectivity index (χ0n) is 18.8. The van der Waals surface area contributed by atoms with Crippen LogP contribution in [0.3, 0.4) is 0 Å². The van der Waals surface area contributed by atoms with E-state index in [1.165, 1.54) is 11.6 Å². The summed E-state index contributed by atoms with van der Waals surface area (Å²) >= 11 is 0. The SMILES string of the molecule is C[C@]12CCC3C(CCC4=CC(=O)CC[C@@H]43)C1CC[C@@H]2OC(=O)c1cc(S(N)(=O)=O)ccc1O. The molecule has 4 aliphatic carbocycles. The van der Waals surface area contributed by atoms with Gasteiger partial charge in [-0.1, -0.05) is 12.5 Å². The summed E-state index contributed by atoms with van der Waals surface area (Å²) in [5.41, 5.74) is 1.03. The molecule has 1 aromatic carbocycles. The number of sulfonamides is 1. The molecule has 0 saturated heterocycles. The van der Waals surface area contributed by atoms with Crippen LogP contribution in [0.5, 0.6) is 5.75 Å². The van der Waals surface area contributed by atoms with Gasteiger partial charge in [0.25, 0.3) is 0 Å². The number of ether oxygens (including phenoxy) is 1. The summed E-state index contributed by atoms with van der Waals surface area (Å²) in [6.07, 6.45) is 9.08. The van der Waals surface area contributed by atoms with Crippen molar-refractivity contribution in [2.75, 3.05) is 0 Å². The lowest BCUT2D eigenvalue weighted by Crippen LogP contribution is -2.48. The molecule has 8 heteroatoms. The summed E-state index contributed by atoms with van der Waals surface area (Å²) in [7, 11) is -4.01. The summed E-state index contributed by atoms with van der Waals surface area (Å²) < 4.78 is 29.3. The lowest BCUT2D eigenvalue weighted by Gasteiger charge is -2.53. The van der Waals surface area contributed by atoms with Crippen LogP contribution in [-0.4, -0.2) is 31.4 Å². The third-order valence-corrected chi connectivity index (χ3v) is 9.89. The Labute approximate surface area is 194 Å². The molecule has 4 aliphatic rings. The number of allylic oxidation sites excluding steroid dienone is 1. The van der Waals surface area contributed by atoms with Crippen LogP contribution >= 0.6 is 0 Å². The number of rotatable bonds is 3. The number of ketones is 1. The molecular weight excluding hydrogens is 442 g/mol. The summed E-state index contributed by atoms with van der Waals surface area (Å²) in [6, 6.07) is 3.40. The number of nitrogens with two attached hydrogens (primary N) is 1. The van der Waals surface area contributed by atoms with E-state index >= 15 is 0 Å². The smallest absolute Gasteiger partial charge is 0.342 e. The number of esters is 1. The first kappa shape index (κ1) is 22.6. The van der Waals surface area contributed by atoms with Gasteiger partial charge in [-0.15, -0.1) is 0 Å². The number of hydrogen-bond acceptors (Lipinski definition) is 6. The topological polar surface area (TPSA) is 124 Å². The van der Waals surface area contributed by atoms with Crippen LogP contribution in [0.25, 0.3) is 0 Å². The summed E-state index contributed by atoms with van der Waals surface area (Å²) in [5, 5.41) is 15.3. The molecular formula is C25H31NO6S. The third kappa shape index (κ3) is 3.81. The molecule has 0 aliphatic heterocycles. The zero-order valence-corrected chi connectivity index (χ0v) is 19.6. The lowest BCUT2D eigenvalue weighted by molar-refractivity contribution is -0.116. The van der Waals surface area contributed by atoms with Crippen molar-refractivity contribution in [3.05, 3.63) is 35.4 Å². The van der Waals surface area contributed by atoms with E-state index in [0.29, 0.717) is 30.1 Å². The average Bonchev–Trinajstić information content (AvgIpc) is 3.09. The first-order chi connectivity index (χ1) is 15.6. The van der Waals surface area contributed by atoms with E-state index in [1.807, 2.05) is 6.08 Å². The largest absolute Gasteiger partial charge is 0.507 e. The molecule has 3 fully saturated rings. The number of carbonyl (C=O) groups is 2. The number of aromatic hydroxyl groups is 1. The standard InChI is InChI=1S/C25H31NO6S/c1-25-11-10-18-17-6-3-15(27)12-14(17)2-5-19(18)21(25)7-9-23(25)32-24(29)20-13-16(33(26,30)31)4-8-22(20)28/h4,8,12-13,17-19,21,23,28H,2-3,5-7,9-11H2,1H3,(H2,26,30,31)/t17-,18?,19?,21?,23-,25-/m0/s1. The predicted octanol–water partition coefficient (Wildman–Crippen LogP) is 3.71. The maximum absolute atomic E-state index is 13.0. The van der Waals surface area contributed by atoms with Gasteiger partial charge in [0.05, 0.1) is 4.90 Å². The van der Waals surface area contributed by atoms with Crippen molar-refractivity contribution in [3.8, 4) is 5.75 Å². The van der Waals surface area contributed by atoms with Crippen molar-refractivity contribution in [2.24, 2.45) is 34.2 Å². The van der Waals surface area contributed by atoms with E-state index in [1.54, 1.807) is 0 Å². The van der Waals surface area contributed by atoms with Crippen LogP contribution in [-0.2, 0) is 19.6 Å². The highest BCUT2D eigenvalue weighted by Crippen LogP contribution is 2.62. The lowest BCUT2D eigenvalue weighted by atomic mass is 9.52. The molecule has 7 nitrogen and oxygen atoms in total. The van der Waals surface area contributed by atoms with Crippen LogP contribution in [0.2, 0.25) is 0 Å². The molecule has 0 radical (unpaired) electrons. The summed E-state index contributed by atoms with van der Waals surface area (Å²) in [6.45, 7) is 2.22. The van der Waals surface area contributed by atoms with E-state index in [-0.39, 0.29) is 33.5 Å². The maximum Gasteiger partial charge on any atom is 0.342 e. The fraction of sp³-hybridized carbons (Fsp3) is 0.600. The van der Waals surface area contributed by atoms with Crippen LogP contribution in [0.15, 0.2) is 34.7 Å². The molecule has 178 valence electrons. The van der Waals surface area contributed by atoms with E-state index in [9.17, 15) is 23.1 Å². The number of phenols is 1. The molecule has 0 heterocycles. The molecule has 3 saturated carbocycles. The van der Waals surface area contributed by atoms with Gasteiger partial charge < -0.3 is 9.84 Å². The van der Waals surface area contributed by atoms with E-state index in [4.69, 9.17) is 9.88 Å². The highest BCUT2D eigenvalue weighted by Gasteiger charge is 2.57. The van der Waals surface area contributed by atoms with E-state index < -0.39 is 16.0 Å². The second-order valence-electron chi connectivity index (χ2n) is 10.5. The van der Waals surface area contributed by atoms with Crippen molar-refractivity contribution < 1.29 is 27.9 Å². The van der Waals surface area contributed by atoms with Crippen LogP contribution in [0.4, 0.5) is 0 Å². The highest BCUT2D eigenvalue weighted by molar-refractivity contribution is 7.89. The molecule has 5 rings (SSSR count).